The number of hydrogen-bond donors (Lipinski definition) is 2. The molecule has 0 spiro atoms. The normalized spacial score (nSPS) is 10.7. The summed E-state index contributed by atoms with van der Waals surface area (Å²) in [4.78, 5) is 11.9. The van der Waals surface area contributed by atoms with Crippen molar-refractivity contribution >= 4 is 18.3 Å². The van der Waals surface area contributed by atoms with Gasteiger partial charge in [-0.25, -0.2) is 0 Å². The number of nitrogens with two attached hydrogens (primary N) is 1. The van der Waals surface area contributed by atoms with E-state index in [1.807, 2.05) is 32.0 Å². The summed E-state index contributed by atoms with van der Waals surface area (Å²) in [6, 6.07) is 5.70. The Morgan fingerprint density at radius 2 is 1.78 bits per heavy atom. The lowest BCUT2D eigenvalue weighted by molar-refractivity contribution is -0.121. The minimum absolute atomic E-state index is 0. The lowest BCUT2D eigenvalue weighted by Gasteiger charge is -2.26. The quantitative estimate of drug-likeness (QED) is 0.722. The number of carbonyl (C=O) groups excluding carboxylic acids is 1. The summed E-state index contributed by atoms with van der Waals surface area (Å²) in [5, 5.41) is 2.93. The van der Waals surface area contributed by atoms with Gasteiger partial charge in [-0.1, -0.05) is 19.9 Å². The van der Waals surface area contributed by atoms with Crippen LogP contribution in [-0.4, -0.2) is 32.2 Å². The molecule has 0 radical (unpaired) electrons. The van der Waals surface area contributed by atoms with E-state index in [9.17, 15) is 4.79 Å². The number of aryl methyl sites for hydroxylation is 1. The van der Waals surface area contributed by atoms with Crippen molar-refractivity contribution in [2.24, 2.45) is 5.73 Å². The van der Waals surface area contributed by atoms with Crippen molar-refractivity contribution in [2.45, 2.75) is 45.1 Å². The highest BCUT2D eigenvalue weighted by Gasteiger charge is 2.20. The number of hydrogen-bond acceptors (Lipinski definition) is 4. The smallest absolute Gasteiger partial charge is 0.220 e. The number of nitrogens with one attached hydrogen (secondary N) is 1. The molecular weight excluding hydrogens is 316 g/mol. The van der Waals surface area contributed by atoms with E-state index in [0.29, 0.717) is 30.9 Å². The van der Waals surface area contributed by atoms with Gasteiger partial charge in [-0.3, -0.25) is 4.79 Å². The molecule has 23 heavy (non-hydrogen) atoms. The number of benzene rings is 1. The minimum atomic E-state index is -0.307. The minimum Gasteiger partial charge on any atom is -0.493 e. The number of carbonyl (C=O) groups is 1. The van der Waals surface area contributed by atoms with Crippen LogP contribution in [0.15, 0.2) is 18.2 Å². The number of rotatable bonds is 9. The van der Waals surface area contributed by atoms with Crippen LogP contribution in [-0.2, 0) is 11.2 Å². The van der Waals surface area contributed by atoms with E-state index >= 15 is 0 Å². The summed E-state index contributed by atoms with van der Waals surface area (Å²) >= 11 is 0. The molecule has 0 aromatic heterocycles. The van der Waals surface area contributed by atoms with Crippen LogP contribution < -0.4 is 20.5 Å². The molecule has 0 aliphatic rings. The first-order chi connectivity index (χ1) is 10.5. The van der Waals surface area contributed by atoms with Gasteiger partial charge < -0.3 is 20.5 Å². The molecule has 0 saturated heterocycles. The maximum atomic E-state index is 11.9. The Morgan fingerprint density at radius 1 is 1.17 bits per heavy atom. The Bertz CT molecular complexity index is 491. The molecule has 1 rings (SSSR count). The predicted molar refractivity (Wildman–Crippen MR) is 95.6 cm³/mol. The molecule has 6 heteroatoms. The van der Waals surface area contributed by atoms with Crippen molar-refractivity contribution in [3.8, 4) is 11.5 Å². The maximum absolute atomic E-state index is 11.9. The van der Waals surface area contributed by atoms with E-state index in [-0.39, 0.29) is 23.9 Å². The van der Waals surface area contributed by atoms with Crippen LogP contribution in [0.4, 0.5) is 0 Å². The van der Waals surface area contributed by atoms with Crippen molar-refractivity contribution in [1.29, 1.82) is 0 Å². The van der Waals surface area contributed by atoms with Crippen molar-refractivity contribution in [3.05, 3.63) is 23.8 Å². The first-order valence-electron chi connectivity index (χ1n) is 7.74. The maximum Gasteiger partial charge on any atom is 0.220 e. The van der Waals surface area contributed by atoms with Gasteiger partial charge in [0, 0.05) is 18.5 Å². The van der Waals surface area contributed by atoms with E-state index in [1.54, 1.807) is 14.2 Å². The summed E-state index contributed by atoms with van der Waals surface area (Å²) in [6.45, 7) is 4.60. The zero-order valence-corrected chi connectivity index (χ0v) is 15.3. The fourth-order valence-electron chi connectivity index (χ4n) is 2.16. The standard InChI is InChI=1S/C17H28N2O3.ClH/c1-5-17(18,6-2)12-19-16(20)10-8-13-7-9-14(21-3)15(11-13)22-4;/h7,9,11H,5-6,8,10,12,18H2,1-4H3,(H,19,20);1H. The Balaban J connectivity index is 0.00000484. The average Bonchev–Trinajstić information content (AvgIpc) is 2.57. The molecule has 3 N–H and O–H groups in total. The van der Waals surface area contributed by atoms with Gasteiger partial charge in [0.25, 0.3) is 0 Å². The summed E-state index contributed by atoms with van der Waals surface area (Å²) in [7, 11) is 3.20. The van der Waals surface area contributed by atoms with Crippen LogP contribution >= 0.6 is 12.4 Å². The first kappa shape index (κ1) is 21.5. The van der Waals surface area contributed by atoms with Crippen LogP contribution in [0.3, 0.4) is 0 Å². The van der Waals surface area contributed by atoms with Crippen LogP contribution in [0.2, 0.25) is 0 Å². The average molecular weight is 345 g/mol. The van der Waals surface area contributed by atoms with Crippen LogP contribution in [0.1, 0.15) is 38.7 Å². The second kappa shape index (κ2) is 10.3. The van der Waals surface area contributed by atoms with Crippen LogP contribution in [0.5, 0.6) is 11.5 Å². The third-order valence-electron chi connectivity index (χ3n) is 4.13. The van der Waals surface area contributed by atoms with Gasteiger partial charge in [0.15, 0.2) is 11.5 Å². The summed E-state index contributed by atoms with van der Waals surface area (Å²) in [5.41, 5.74) is 6.91. The highest BCUT2D eigenvalue weighted by molar-refractivity contribution is 5.85. The number of ether oxygens (including phenoxy) is 2. The molecule has 0 unspecified atom stereocenters. The molecule has 0 heterocycles. The largest absolute Gasteiger partial charge is 0.493 e. The van der Waals surface area contributed by atoms with Crippen molar-refractivity contribution in [3.63, 3.8) is 0 Å². The van der Waals surface area contributed by atoms with Gasteiger partial charge in [0.1, 0.15) is 0 Å². The molecule has 0 aliphatic heterocycles. The SMILES string of the molecule is CCC(N)(CC)CNC(=O)CCc1ccc(OC)c(OC)c1.Cl. The molecule has 1 amide bonds. The lowest BCUT2D eigenvalue weighted by atomic mass is 9.94. The third kappa shape index (κ3) is 6.67. The van der Waals surface area contributed by atoms with Gasteiger partial charge in [0.2, 0.25) is 5.91 Å². The van der Waals surface area contributed by atoms with E-state index < -0.39 is 0 Å². The van der Waals surface area contributed by atoms with Crippen LogP contribution in [0, 0.1) is 0 Å². The van der Waals surface area contributed by atoms with Gasteiger partial charge in [-0.15, -0.1) is 12.4 Å². The Morgan fingerprint density at radius 3 is 2.30 bits per heavy atom. The Hall–Kier alpha value is -1.46. The third-order valence-corrected chi connectivity index (χ3v) is 4.13. The van der Waals surface area contributed by atoms with Gasteiger partial charge in [-0.2, -0.15) is 0 Å². The van der Waals surface area contributed by atoms with Crippen molar-refractivity contribution < 1.29 is 14.3 Å². The van der Waals surface area contributed by atoms with Crippen molar-refractivity contribution in [2.75, 3.05) is 20.8 Å². The molecule has 132 valence electrons. The molecule has 0 bridgehead atoms. The number of amides is 1. The van der Waals surface area contributed by atoms with Gasteiger partial charge in [0.05, 0.1) is 14.2 Å². The highest BCUT2D eigenvalue weighted by Crippen LogP contribution is 2.27. The Kier molecular flexibility index (Phi) is 9.68. The first-order valence-corrected chi connectivity index (χ1v) is 7.74. The van der Waals surface area contributed by atoms with E-state index in [4.69, 9.17) is 15.2 Å². The molecule has 1 aromatic rings. The van der Waals surface area contributed by atoms with Crippen molar-refractivity contribution in [1.82, 2.24) is 5.32 Å². The lowest BCUT2D eigenvalue weighted by Crippen LogP contribution is -2.49. The second-order valence-corrected chi connectivity index (χ2v) is 5.54. The number of methoxy groups -OCH3 is 2. The second-order valence-electron chi connectivity index (χ2n) is 5.54. The van der Waals surface area contributed by atoms with Crippen LogP contribution in [0.25, 0.3) is 0 Å². The predicted octanol–water partition coefficient (Wildman–Crippen LogP) is 2.69. The zero-order valence-electron chi connectivity index (χ0n) is 14.5. The monoisotopic (exact) mass is 344 g/mol. The summed E-state index contributed by atoms with van der Waals surface area (Å²) in [6.07, 6.45) is 2.78. The topological polar surface area (TPSA) is 73.6 Å². The number of halogens is 1. The van der Waals surface area contributed by atoms with Gasteiger partial charge >= 0.3 is 0 Å². The fraction of sp³-hybridized carbons (Fsp3) is 0.588. The van der Waals surface area contributed by atoms with E-state index in [0.717, 1.165) is 18.4 Å². The molecule has 0 atom stereocenters. The highest BCUT2D eigenvalue weighted by atomic mass is 35.5. The summed E-state index contributed by atoms with van der Waals surface area (Å²) in [5.74, 6) is 1.39. The molecule has 5 nitrogen and oxygen atoms in total. The zero-order chi connectivity index (χ0) is 16.6. The van der Waals surface area contributed by atoms with E-state index in [2.05, 4.69) is 5.32 Å². The molecular formula is C17H29ClN2O3. The molecule has 0 saturated carbocycles. The van der Waals surface area contributed by atoms with Gasteiger partial charge in [-0.05, 0) is 37.0 Å². The molecule has 1 aromatic carbocycles. The molecule has 0 fully saturated rings. The molecule has 0 aliphatic carbocycles. The summed E-state index contributed by atoms with van der Waals surface area (Å²) < 4.78 is 10.5. The van der Waals surface area contributed by atoms with E-state index in [1.165, 1.54) is 0 Å². The fourth-order valence-corrected chi connectivity index (χ4v) is 2.16. The Labute approximate surface area is 145 Å².